The Labute approximate surface area is 184 Å². The Bertz CT molecular complexity index is 873. The fraction of sp³-hybridized carbons (Fsp3) is 0.720. The first-order valence-electron chi connectivity index (χ1n) is 12.5. The number of imidazole rings is 1. The second kappa shape index (κ2) is 9.53. The Kier molecular flexibility index (Phi) is 6.56. The summed E-state index contributed by atoms with van der Waals surface area (Å²) in [5.41, 5.74) is 0.970. The van der Waals surface area contributed by atoms with Crippen molar-refractivity contribution >= 4 is 11.0 Å². The first-order chi connectivity index (χ1) is 15.2. The molecule has 0 bridgehead atoms. The van der Waals surface area contributed by atoms with Crippen LogP contribution < -0.4 is 5.32 Å². The standard InChI is InChI=1S/C25H36F2N4/c26-21-8-9-22-24(23(21)27)31(25(29-22)19-10-13-28-16-19)20-11-14-30(15-12-20)17-18-6-4-2-1-3-5-7-18/h8-9,18-20,28H,1-7,10-17H2/t19-/m1/s1. The lowest BCUT2D eigenvalue weighted by Gasteiger charge is -2.36. The maximum absolute atomic E-state index is 14.9. The quantitative estimate of drug-likeness (QED) is 0.706. The van der Waals surface area contributed by atoms with Crippen molar-refractivity contribution in [3.8, 4) is 0 Å². The normalized spacial score (nSPS) is 25.2. The number of piperidine rings is 1. The summed E-state index contributed by atoms with van der Waals surface area (Å²) in [6.07, 6.45) is 12.7. The summed E-state index contributed by atoms with van der Waals surface area (Å²) >= 11 is 0. The van der Waals surface area contributed by atoms with Gasteiger partial charge in [0.05, 0.1) is 5.52 Å². The van der Waals surface area contributed by atoms with Crippen molar-refractivity contribution in [3.05, 3.63) is 29.6 Å². The molecular weight excluding hydrogens is 394 g/mol. The molecule has 0 amide bonds. The minimum Gasteiger partial charge on any atom is -0.322 e. The molecule has 1 N–H and O–H groups in total. The van der Waals surface area contributed by atoms with Crippen molar-refractivity contribution in [2.45, 2.75) is 76.2 Å². The molecule has 3 aliphatic rings. The molecule has 6 heteroatoms. The van der Waals surface area contributed by atoms with Gasteiger partial charge in [-0.2, -0.15) is 0 Å². The molecule has 1 aliphatic carbocycles. The van der Waals surface area contributed by atoms with Gasteiger partial charge in [-0.3, -0.25) is 0 Å². The first-order valence-corrected chi connectivity index (χ1v) is 12.5. The SMILES string of the molecule is Fc1ccc2nc([C@@H]3CCNC3)n(C3CCN(CC4CCCCCCC4)CC3)c2c1F. The molecule has 170 valence electrons. The van der Waals surface area contributed by atoms with E-state index in [1.165, 1.54) is 57.6 Å². The fourth-order valence-corrected chi connectivity index (χ4v) is 6.12. The minimum atomic E-state index is -0.772. The monoisotopic (exact) mass is 430 g/mol. The second-order valence-corrected chi connectivity index (χ2v) is 10.0. The van der Waals surface area contributed by atoms with Gasteiger partial charge < -0.3 is 14.8 Å². The van der Waals surface area contributed by atoms with E-state index < -0.39 is 11.6 Å². The Morgan fingerprint density at radius 2 is 1.68 bits per heavy atom. The number of fused-ring (bicyclic) bond motifs is 1. The fourth-order valence-electron chi connectivity index (χ4n) is 6.12. The molecule has 1 atom stereocenters. The molecule has 2 aliphatic heterocycles. The van der Waals surface area contributed by atoms with Crippen LogP contribution in [-0.4, -0.2) is 47.2 Å². The molecule has 5 rings (SSSR count). The lowest BCUT2D eigenvalue weighted by Crippen LogP contribution is -2.38. The number of nitrogens with one attached hydrogen (secondary N) is 1. The largest absolute Gasteiger partial charge is 0.322 e. The van der Waals surface area contributed by atoms with E-state index in [4.69, 9.17) is 4.98 Å². The van der Waals surface area contributed by atoms with E-state index in [1.807, 2.05) is 0 Å². The smallest absolute Gasteiger partial charge is 0.184 e. The van der Waals surface area contributed by atoms with Crippen LogP contribution >= 0.6 is 0 Å². The van der Waals surface area contributed by atoms with Crippen LogP contribution in [0.5, 0.6) is 0 Å². The average molecular weight is 431 g/mol. The molecule has 1 saturated carbocycles. The van der Waals surface area contributed by atoms with Crippen LogP contribution in [0.15, 0.2) is 12.1 Å². The number of benzene rings is 1. The summed E-state index contributed by atoms with van der Waals surface area (Å²) < 4.78 is 31.1. The number of nitrogens with zero attached hydrogens (tertiary/aromatic N) is 3. The highest BCUT2D eigenvalue weighted by Gasteiger charge is 2.31. The van der Waals surface area contributed by atoms with E-state index in [-0.39, 0.29) is 12.0 Å². The first kappa shape index (κ1) is 21.3. The van der Waals surface area contributed by atoms with Gasteiger partial charge in [0, 0.05) is 38.1 Å². The molecule has 31 heavy (non-hydrogen) atoms. The maximum atomic E-state index is 14.9. The van der Waals surface area contributed by atoms with Gasteiger partial charge in [-0.25, -0.2) is 13.8 Å². The van der Waals surface area contributed by atoms with Gasteiger partial charge >= 0.3 is 0 Å². The van der Waals surface area contributed by atoms with Crippen molar-refractivity contribution in [1.82, 2.24) is 19.8 Å². The molecule has 0 unspecified atom stereocenters. The zero-order valence-electron chi connectivity index (χ0n) is 18.6. The average Bonchev–Trinajstić information content (AvgIpc) is 3.41. The van der Waals surface area contributed by atoms with Crippen LogP contribution in [0.4, 0.5) is 8.78 Å². The van der Waals surface area contributed by atoms with E-state index in [1.54, 1.807) is 6.07 Å². The molecule has 2 saturated heterocycles. The molecule has 4 nitrogen and oxygen atoms in total. The third kappa shape index (κ3) is 4.51. The van der Waals surface area contributed by atoms with Crippen LogP contribution in [0.2, 0.25) is 0 Å². The highest BCUT2D eigenvalue weighted by molar-refractivity contribution is 5.77. The van der Waals surface area contributed by atoms with Crippen LogP contribution in [-0.2, 0) is 0 Å². The predicted octanol–water partition coefficient (Wildman–Crippen LogP) is 5.39. The van der Waals surface area contributed by atoms with Crippen LogP contribution in [0, 0.1) is 17.6 Å². The van der Waals surface area contributed by atoms with E-state index in [9.17, 15) is 8.78 Å². The predicted molar refractivity (Wildman–Crippen MR) is 120 cm³/mol. The number of halogens is 2. The van der Waals surface area contributed by atoms with Gasteiger partial charge in [0.2, 0.25) is 0 Å². The zero-order valence-corrected chi connectivity index (χ0v) is 18.6. The summed E-state index contributed by atoms with van der Waals surface area (Å²) in [5.74, 6) is 0.550. The highest BCUT2D eigenvalue weighted by atomic mass is 19.2. The van der Waals surface area contributed by atoms with Crippen molar-refractivity contribution in [2.24, 2.45) is 5.92 Å². The second-order valence-electron chi connectivity index (χ2n) is 10.0. The van der Waals surface area contributed by atoms with Gasteiger partial charge in [-0.15, -0.1) is 0 Å². The molecule has 0 spiro atoms. The Hall–Kier alpha value is -1.53. The number of likely N-dealkylation sites (tertiary alicyclic amines) is 1. The van der Waals surface area contributed by atoms with Crippen LogP contribution in [0.25, 0.3) is 11.0 Å². The van der Waals surface area contributed by atoms with E-state index in [0.717, 1.165) is 57.2 Å². The number of rotatable bonds is 4. The number of hydrogen-bond donors (Lipinski definition) is 1. The summed E-state index contributed by atoms with van der Waals surface area (Å²) in [6, 6.07) is 3.05. The lowest BCUT2D eigenvalue weighted by atomic mass is 9.90. The van der Waals surface area contributed by atoms with Crippen molar-refractivity contribution in [3.63, 3.8) is 0 Å². The molecule has 1 aromatic heterocycles. The van der Waals surface area contributed by atoms with E-state index in [2.05, 4.69) is 14.8 Å². The van der Waals surface area contributed by atoms with E-state index >= 15 is 0 Å². The summed E-state index contributed by atoms with van der Waals surface area (Å²) in [6.45, 7) is 5.12. The summed E-state index contributed by atoms with van der Waals surface area (Å²) in [5, 5.41) is 3.40. The van der Waals surface area contributed by atoms with Gasteiger partial charge in [0.25, 0.3) is 0 Å². The van der Waals surface area contributed by atoms with Crippen molar-refractivity contribution < 1.29 is 8.78 Å². The van der Waals surface area contributed by atoms with Crippen molar-refractivity contribution in [1.29, 1.82) is 0 Å². The molecule has 2 aromatic rings. The number of aromatic nitrogens is 2. The Morgan fingerprint density at radius 1 is 0.935 bits per heavy atom. The molecule has 3 heterocycles. The zero-order chi connectivity index (χ0) is 21.2. The molecule has 0 radical (unpaired) electrons. The summed E-state index contributed by atoms with van der Waals surface area (Å²) in [4.78, 5) is 7.43. The highest BCUT2D eigenvalue weighted by Crippen LogP contribution is 2.35. The Balaban J connectivity index is 1.34. The topological polar surface area (TPSA) is 33.1 Å². The van der Waals surface area contributed by atoms with Gasteiger partial charge in [0.15, 0.2) is 11.6 Å². The van der Waals surface area contributed by atoms with E-state index in [0.29, 0.717) is 11.0 Å². The van der Waals surface area contributed by atoms with Crippen LogP contribution in [0.1, 0.15) is 82.0 Å². The van der Waals surface area contributed by atoms with Gasteiger partial charge in [0.1, 0.15) is 11.3 Å². The van der Waals surface area contributed by atoms with Crippen molar-refractivity contribution in [2.75, 3.05) is 32.7 Å². The maximum Gasteiger partial charge on any atom is 0.184 e. The number of hydrogen-bond acceptors (Lipinski definition) is 3. The van der Waals surface area contributed by atoms with Crippen LogP contribution in [0.3, 0.4) is 0 Å². The molecule has 3 fully saturated rings. The van der Waals surface area contributed by atoms with Gasteiger partial charge in [-0.1, -0.05) is 32.1 Å². The third-order valence-corrected chi connectivity index (χ3v) is 7.86. The molecular formula is C25H36F2N4. The minimum absolute atomic E-state index is 0.200. The lowest BCUT2D eigenvalue weighted by molar-refractivity contribution is 0.151. The Morgan fingerprint density at radius 3 is 2.39 bits per heavy atom. The third-order valence-electron chi connectivity index (χ3n) is 7.86. The summed E-state index contributed by atoms with van der Waals surface area (Å²) in [7, 11) is 0. The van der Waals surface area contributed by atoms with Gasteiger partial charge in [-0.05, 0) is 56.7 Å². The molecule has 1 aromatic carbocycles.